The van der Waals surface area contributed by atoms with Gasteiger partial charge in [-0.3, -0.25) is 14.7 Å². The van der Waals surface area contributed by atoms with Gasteiger partial charge in [-0.2, -0.15) is 0 Å². The SMILES string of the molecule is CN1C(=O)[C@@H](NC(=O)c2n[nH]c(Cc3ccccc3)n2)COc2ccc(C#CC3(O)CCCC3)cc21. The first-order chi connectivity index (χ1) is 17.4. The van der Waals surface area contributed by atoms with Crippen molar-refractivity contribution in [2.75, 3.05) is 18.6 Å². The Kier molecular flexibility index (Phi) is 6.44. The van der Waals surface area contributed by atoms with E-state index in [0.29, 0.717) is 42.1 Å². The molecule has 1 atom stereocenters. The number of aromatic amines is 1. The second kappa shape index (κ2) is 9.84. The van der Waals surface area contributed by atoms with E-state index in [-0.39, 0.29) is 18.3 Å². The molecular formula is C27H27N5O4. The van der Waals surface area contributed by atoms with Crippen LogP contribution in [0.4, 0.5) is 5.69 Å². The van der Waals surface area contributed by atoms with Gasteiger partial charge in [0.1, 0.15) is 29.8 Å². The lowest BCUT2D eigenvalue weighted by Crippen LogP contribution is -2.49. The van der Waals surface area contributed by atoms with Crippen molar-refractivity contribution in [3.05, 3.63) is 71.3 Å². The van der Waals surface area contributed by atoms with Gasteiger partial charge in [-0.05, 0) is 49.4 Å². The number of hydrogen-bond donors (Lipinski definition) is 3. The highest BCUT2D eigenvalue weighted by atomic mass is 16.5. The van der Waals surface area contributed by atoms with Crippen LogP contribution in [0.2, 0.25) is 0 Å². The largest absolute Gasteiger partial charge is 0.489 e. The number of carbonyl (C=O) groups excluding carboxylic acids is 2. The van der Waals surface area contributed by atoms with Crippen molar-refractivity contribution in [1.82, 2.24) is 20.5 Å². The van der Waals surface area contributed by atoms with Gasteiger partial charge in [0, 0.05) is 19.0 Å². The molecule has 2 aliphatic rings. The van der Waals surface area contributed by atoms with Gasteiger partial charge < -0.3 is 20.1 Å². The van der Waals surface area contributed by atoms with Crippen LogP contribution >= 0.6 is 0 Å². The molecule has 0 unspecified atom stereocenters. The van der Waals surface area contributed by atoms with E-state index in [1.807, 2.05) is 30.3 Å². The molecule has 1 aliphatic carbocycles. The van der Waals surface area contributed by atoms with Gasteiger partial charge in [-0.15, -0.1) is 5.10 Å². The number of ether oxygens (including phenoxy) is 1. The van der Waals surface area contributed by atoms with Crippen LogP contribution in [0, 0.1) is 11.8 Å². The van der Waals surface area contributed by atoms with E-state index in [1.165, 1.54) is 4.90 Å². The maximum absolute atomic E-state index is 13.2. The van der Waals surface area contributed by atoms with E-state index in [2.05, 4.69) is 32.3 Å². The summed E-state index contributed by atoms with van der Waals surface area (Å²) in [4.78, 5) is 31.7. The summed E-state index contributed by atoms with van der Waals surface area (Å²) in [5.41, 5.74) is 1.31. The zero-order valence-corrected chi connectivity index (χ0v) is 20.0. The Labute approximate surface area is 208 Å². The van der Waals surface area contributed by atoms with Crippen LogP contribution in [0.15, 0.2) is 48.5 Å². The number of nitrogens with one attached hydrogen (secondary N) is 2. The predicted octanol–water partition coefficient (Wildman–Crippen LogP) is 2.21. The molecular weight excluding hydrogens is 458 g/mol. The van der Waals surface area contributed by atoms with Crippen molar-refractivity contribution in [2.45, 2.75) is 43.7 Å². The van der Waals surface area contributed by atoms with E-state index in [4.69, 9.17) is 4.74 Å². The average Bonchev–Trinajstić information content (AvgIpc) is 3.52. The summed E-state index contributed by atoms with van der Waals surface area (Å²) in [7, 11) is 1.63. The van der Waals surface area contributed by atoms with E-state index >= 15 is 0 Å². The predicted molar refractivity (Wildman–Crippen MR) is 133 cm³/mol. The maximum Gasteiger partial charge on any atom is 0.291 e. The molecule has 2 amide bonds. The number of carbonyl (C=O) groups is 2. The summed E-state index contributed by atoms with van der Waals surface area (Å²) in [5.74, 6) is 6.14. The highest BCUT2D eigenvalue weighted by molar-refractivity contribution is 6.02. The maximum atomic E-state index is 13.2. The fraction of sp³-hybridized carbons (Fsp3) is 0.333. The first-order valence-corrected chi connectivity index (χ1v) is 12.0. The number of benzene rings is 2. The lowest BCUT2D eigenvalue weighted by Gasteiger charge is -2.20. The van der Waals surface area contributed by atoms with E-state index in [9.17, 15) is 14.7 Å². The molecule has 0 spiro atoms. The summed E-state index contributed by atoms with van der Waals surface area (Å²) in [6.45, 7) is -0.0337. The van der Waals surface area contributed by atoms with Crippen LogP contribution < -0.4 is 15.0 Å². The highest BCUT2D eigenvalue weighted by Crippen LogP contribution is 2.32. The molecule has 0 bridgehead atoms. The molecule has 5 rings (SSSR count). The van der Waals surface area contributed by atoms with E-state index in [0.717, 1.165) is 18.4 Å². The van der Waals surface area contributed by atoms with E-state index in [1.54, 1.807) is 25.2 Å². The number of nitrogens with zero attached hydrogens (tertiary/aromatic N) is 3. The third kappa shape index (κ3) is 5.09. The Bertz CT molecular complexity index is 1330. The normalized spacial score (nSPS) is 18.4. The number of aliphatic hydroxyl groups is 1. The van der Waals surface area contributed by atoms with Gasteiger partial charge in [0.15, 0.2) is 0 Å². The van der Waals surface area contributed by atoms with Gasteiger partial charge in [0.25, 0.3) is 11.8 Å². The molecule has 1 aromatic heterocycles. The zero-order chi connectivity index (χ0) is 25.1. The molecule has 0 radical (unpaired) electrons. The molecule has 184 valence electrons. The summed E-state index contributed by atoms with van der Waals surface area (Å²) in [5, 5.41) is 20.0. The minimum Gasteiger partial charge on any atom is -0.489 e. The van der Waals surface area contributed by atoms with Gasteiger partial charge in [0.2, 0.25) is 5.82 Å². The van der Waals surface area contributed by atoms with Crippen molar-refractivity contribution in [3.63, 3.8) is 0 Å². The van der Waals surface area contributed by atoms with Gasteiger partial charge in [0.05, 0.1) is 5.69 Å². The molecule has 1 fully saturated rings. The first kappa shape index (κ1) is 23.6. The van der Waals surface area contributed by atoms with Crippen LogP contribution in [0.3, 0.4) is 0 Å². The van der Waals surface area contributed by atoms with Crippen molar-refractivity contribution >= 4 is 17.5 Å². The van der Waals surface area contributed by atoms with Crippen LogP contribution in [-0.4, -0.2) is 57.4 Å². The summed E-state index contributed by atoms with van der Waals surface area (Å²) in [6, 6.07) is 14.1. The molecule has 0 saturated heterocycles. The van der Waals surface area contributed by atoms with Crippen molar-refractivity contribution in [3.8, 4) is 17.6 Å². The van der Waals surface area contributed by atoms with Crippen molar-refractivity contribution in [1.29, 1.82) is 0 Å². The zero-order valence-electron chi connectivity index (χ0n) is 20.0. The fourth-order valence-corrected chi connectivity index (χ4v) is 4.44. The minimum atomic E-state index is -0.943. The average molecular weight is 486 g/mol. The summed E-state index contributed by atoms with van der Waals surface area (Å²) < 4.78 is 5.85. The quantitative estimate of drug-likeness (QED) is 0.488. The number of fused-ring (bicyclic) bond motifs is 1. The molecule has 9 heteroatoms. The second-order valence-corrected chi connectivity index (χ2v) is 9.17. The van der Waals surface area contributed by atoms with Crippen LogP contribution in [0.1, 0.15) is 53.3 Å². The Morgan fingerprint density at radius 1 is 1.25 bits per heavy atom. The standard InChI is InChI=1S/C27H27N5O4/c1-32-21-15-19(11-14-27(35)12-5-6-13-27)9-10-22(21)36-17-20(26(32)34)28-25(33)24-29-23(30-31-24)16-18-7-3-2-4-8-18/h2-4,7-10,15,20,35H,5-6,12-13,16-17H2,1H3,(H,28,33)(H,29,30,31)/t20-/m0/s1. The monoisotopic (exact) mass is 485 g/mol. The number of rotatable bonds is 4. The van der Waals surface area contributed by atoms with Crippen LogP contribution in [-0.2, 0) is 11.2 Å². The van der Waals surface area contributed by atoms with E-state index < -0.39 is 17.6 Å². The Morgan fingerprint density at radius 3 is 2.81 bits per heavy atom. The number of anilines is 1. The second-order valence-electron chi connectivity index (χ2n) is 9.17. The van der Waals surface area contributed by atoms with Crippen LogP contribution in [0.5, 0.6) is 5.75 Å². The first-order valence-electron chi connectivity index (χ1n) is 12.0. The summed E-state index contributed by atoms with van der Waals surface area (Å²) in [6.07, 6.45) is 3.79. The van der Waals surface area contributed by atoms with Crippen molar-refractivity contribution in [2.24, 2.45) is 0 Å². The Morgan fingerprint density at radius 2 is 2.03 bits per heavy atom. The molecule has 3 aromatic rings. The minimum absolute atomic E-state index is 0.0337. The van der Waals surface area contributed by atoms with Gasteiger partial charge in [-0.1, -0.05) is 42.2 Å². The fourth-order valence-electron chi connectivity index (χ4n) is 4.44. The molecule has 9 nitrogen and oxygen atoms in total. The molecule has 36 heavy (non-hydrogen) atoms. The van der Waals surface area contributed by atoms with Crippen molar-refractivity contribution < 1.29 is 19.4 Å². The number of H-pyrrole nitrogens is 1. The molecule has 3 N–H and O–H groups in total. The number of likely N-dealkylation sites (N-methyl/N-ethyl adjacent to an activating group) is 1. The van der Waals surface area contributed by atoms with Gasteiger partial charge in [-0.25, -0.2) is 4.98 Å². The Balaban J connectivity index is 1.27. The smallest absolute Gasteiger partial charge is 0.291 e. The molecule has 1 saturated carbocycles. The molecule has 2 aromatic carbocycles. The van der Waals surface area contributed by atoms with Crippen LogP contribution in [0.25, 0.3) is 0 Å². The lowest BCUT2D eigenvalue weighted by molar-refractivity contribution is -0.120. The lowest BCUT2D eigenvalue weighted by atomic mass is 10.0. The topological polar surface area (TPSA) is 120 Å². The van der Waals surface area contributed by atoms with Gasteiger partial charge >= 0.3 is 0 Å². The molecule has 1 aliphatic heterocycles. The number of amides is 2. The third-order valence-corrected chi connectivity index (χ3v) is 6.48. The molecule has 2 heterocycles. The number of aromatic nitrogens is 3. The summed E-state index contributed by atoms with van der Waals surface area (Å²) >= 11 is 0. The Hall–Kier alpha value is -4.16. The number of hydrogen-bond acceptors (Lipinski definition) is 6. The third-order valence-electron chi connectivity index (χ3n) is 6.48. The highest BCUT2D eigenvalue weighted by Gasteiger charge is 2.32.